The molecule has 0 amide bonds. The van der Waals surface area contributed by atoms with Crippen molar-refractivity contribution in [3.8, 4) is 5.75 Å². The van der Waals surface area contributed by atoms with E-state index in [0.29, 0.717) is 12.2 Å². The van der Waals surface area contributed by atoms with Gasteiger partial charge in [0.2, 0.25) is 0 Å². The highest BCUT2D eigenvalue weighted by molar-refractivity contribution is 5.79. The molecule has 0 spiro atoms. The van der Waals surface area contributed by atoms with Gasteiger partial charge in [0.1, 0.15) is 5.75 Å². The topological polar surface area (TPSA) is 66.8 Å². The van der Waals surface area contributed by atoms with Gasteiger partial charge in [-0.05, 0) is 19.4 Å². The van der Waals surface area contributed by atoms with Crippen LogP contribution < -0.4 is 4.74 Å². The third-order valence-electron chi connectivity index (χ3n) is 3.57. The second-order valence-electron chi connectivity index (χ2n) is 4.95. The van der Waals surface area contributed by atoms with E-state index in [4.69, 9.17) is 4.74 Å². The Morgan fingerprint density at radius 3 is 2.58 bits per heavy atom. The normalized spacial score (nSPS) is 15.6. The van der Waals surface area contributed by atoms with Gasteiger partial charge in [-0.25, -0.2) is 4.79 Å². The summed E-state index contributed by atoms with van der Waals surface area (Å²) in [7, 11) is 1.54. The van der Waals surface area contributed by atoms with Crippen LogP contribution in [0.25, 0.3) is 0 Å². The lowest BCUT2D eigenvalue weighted by Crippen LogP contribution is -2.43. The molecule has 4 nitrogen and oxygen atoms in total. The standard InChI is InChI=1S/C15H22O4/c1-5-8-15(18,14(16)17)11(3)12-9-10(2)6-7-13(12)19-4/h6-7,9,11,18H,5,8H2,1-4H3,(H,16,17). The second-order valence-corrected chi connectivity index (χ2v) is 4.95. The van der Waals surface area contributed by atoms with Gasteiger partial charge in [0, 0.05) is 11.5 Å². The van der Waals surface area contributed by atoms with Gasteiger partial charge in [-0.15, -0.1) is 0 Å². The highest BCUT2D eigenvalue weighted by atomic mass is 16.5. The Balaban J connectivity index is 3.26. The number of carboxylic acids is 1. The molecule has 106 valence electrons. The third-order valence-corrected chi connectivity index (χ3v) is 3.57. The van der Waals surface area contributed by atoms with Gasteiger partial charge < -0.3 is 14.9 Å². The van der Waals surface area contributed by atoms with Crippen LogP contribution in [0.1, 0.15) is 43.7 Å². The summed E-state index contributed by atoms with van der Waals surface area (Å²) >= 11 is 0. The van der Waals surface area contributed by atoms with E-state index in [1.54, 1.807) is 20.1 Å². The zero-order valence-corrected chi connectivity index (χ0v) is 11.9. The van der Waals surface area contributed by atoms with E-state index in [2.05, 4.69) is 0 Å². The molecule has 1 aromatic rings. The van der Waals surface area contributed by atoms with Crippen molar-refractivity contribution in [2.24, 2.45) is 0 Å². The zero-order chi connectivity index (χ0) is 14.6. The highest BCUT2D eigenvalue weighted by Gasteiger charge is 2.42. The summed E-state index contributed by atoms with van der Waals surface area (Å²) in [6.07, 6.45) is 0.807. The van der Waals surface area contributed by atoms with Gasteiger partial charge >= 0.3 is 5.97 Å². The average molecular weight is 266 g/mol. The van der Waals surface area contributed by atoms with Crippen LogP contribution in [-0.4, -0.2) is 28.9 Å². The number of rotatable bonds is 6. The summed E-state index contributed by atoms with van der Waals surface area (Å²) in [6, 6.07) is 5.57. The Hall–Kier alpha value is -1.55. The van der Waals surface area contributed by atoms with Crippen molar-refractivity contribution in [1.82, 2.24) is 0 Å². The first-order valence-electron chi connectivity index (χ1n) is 6.47. The van der Waals surface area contributed by atoms with E-state index in [-0.39, 0.29) is 6.42 Å². The molecule has 0 radical (unpaired) electrons. The maximum absolute atomic E-state index is 11.4. The minimum absolute atomic E-state index is 0.209. The Kier molecular flexibility index (Phi) is 4.95. The number of aliphatic carboxylic acids is 1. The summed E-state index contributed by atoms with van der Waals surface area (Å²) < 4.78 is 5.27. The quantitative estimate of drug-likeness (QED) is 0.830. The molecule has 0 bridgehead atoms. The van der Waals surface area contributed by atoms with Gasteiger partial charge in [-0.1, -0.05) is 38.0 Å². The lowest BCUT2D eigenvalue weighted by Gasteiger charge is -2.31. The monoisotopic (exact) mass is 266 g/mol. The van der Waals surface area contributed by atoms with Crippen molar-refractivity contribution in [3.63, 3.8) is 0 Å². The molecule has 1 aromatic carbocycles. The Morgan fingerprint density at radius 1 is 1.47 bits per heavy atom. The number of carboxylic acid groups (broad SMARTS) is 1. The number of methoxy groups -OCH3 is 1. The molecule has 0 aliphatic rings. The van der Waals surface area contributed by atoms with E-state index in [9.17, 15) is 15.0 Å². The van der Waals surface area contributed by atoms with E-state index >= 15 is 0 Å². The van der Waals surface area contributed by atoms with Crippen LogP contribution in [0.4, 0.5) is 0 Å². The molecule has 2 N–H and O–H groups in total. The number of aryl methyl sites for hydroxylation is 1. The maximum Gasteiger partial charge on any atom is 0.336 e. The van der Waals surface area contributed by atoms with Crippen molar-refractivity contribution in [1.29, 1.82) is 0 Å². The van der Waals surface area contributed by atoms with Crippen LogP contribution in [0.15, 0.2) is 18.2 Å². The van der Waals surface area contributed by atoms with E-state index in [0.717, 1.165) is 11.1 Å². The van der Waals surface area contributed by atoms with E-state index in [1.165, 1.54) is 0 Å². The van der Waals surface area contributed by atoms with Crippen molar-refractivity contribution < 1.29 is 19.7 Å². The maximum atomic E-state index is 11.4. The molecule has 0 saturated heterocycles. The molecule has 0 aliphatic carbocycles. The fraction of sp³-hybridized carbons (Fsp3) is 0.533. The number of aliphatic hydroxyl groups is 1. The van der Waals surface area contributed by atoms with Crippen LogP contribution in [0.3, 0.4) is 0 Å². The largest absolute Gasteiger partial charge is 0.496 e. The van der Waals surface area contributed by atoms with E-state index in [1.807, 2.05) is 26.0 Å². The van der Waals surface area contributed by atoms with Gasteiger partial charge in [0.05, 0.1) is 7.11 Å². The SMILES string of the molecule is CCCC(O)(C(=O)O)C(C)c1cc(C)ccc1OC. The van der Waals surface area contributed by atoms with Gasteiger partial charge in [-0.2, -0.15) is 0 Å². The summed E-state index contributed by atoms with van der Waals surface area (Å²) in [5, 5.41) is 19.8. The van der Waals surface area contributed by atoms with Crippen LogP contribution >= 0.6 is 0 Å². The molecule has 0 saturated carbocycles. The average Bonchev–Trinajstić information content (AvgIpc) is 2.37. The molecule has 0 aliphatic heterocycles. The smallest absolute Gasteiger partial charge is 0.336 e. The third kappa shape index (κ3) is 3.07. The van der Waals surface area contributed by atoms with Crippen LogP contribution in [-0.2, 0) is 4.79 Å². The van der Waals surface area contributed by atoms with Gasteiger partial charge in [-0.3, -0.25) is 0 Å². The van der Waals surface area contributed by atoms with Crippen LogP contribution in [0.5, 0.6) is 5.75 Å². The number of benzene rings is 1. The number of carbonyl (C=O) groups is 1. The fourth-order valence-corrected chi connectivity index (χ4v) is 2.34. The lowest BCUT2D eigenvalue weighted by atomic mass is 9.79. The second kappa shape index (κ2) is 6.06. The van der Waals surface area contributed by atoms with Gasteiger partial charge in [0.15, 0.2) is 5.60 Å². The fourth-order valence-electron chi connectivity index (χ4n) is 2.34. The summed E-state index contributed by atoms with van der Waals surface area (Å²) in [5.41, 5.74) is -0.0386. The Labute approximate surface area is 114 Å². The van der Waals surface area contributed by atoms with Crippen molar-refractivity contribution in [2.75, 3.05) is 7.11 Å². The number of hydrogen-bond acceptors (Lipinski definition) is 3. The summed E-state index contributed by atoms with van der Waals surface area (Å²) in [5.74, 6) is -1.13. The molecule has 0 fully saturated rings. The van der Waals surface area contributed by atoms with Crippen molar-refractivity contribution >= 4 is 5.97 Å². The minimum Gasteiger partial charge on any atom is -0.496 e. The molecule has 19 heavy (non-hydrogen) atoms. The van der Waals surface area contributed by atoms with E-state index < -0.39 is 17.5 Å². The molecular formula is C15H22O4. The number of hydrogen-bond donors (Lipinski definition) is 2. The van der Waals surface area contributed by atoms with Crippen LogP contribution in [0, 0.1) is 6.92 Å². The summed E-state index contributed by atoms with van der Waals surface area (Å²) in [6.45, 7) is 5.50. The highest BCUT2D eigenvalue weighted by Crippen LogP contribution is 2.37. The predicted molar refractivity (Wildman–Crippen MR) is 73.6 cm³/mol. The molecule has 2 unspecified atom stereocenters. The molecular weight excluding hydrogens is 244 g/mol. The number of ether oxygens (including phenoxy) is 1. The molecule has 0 heterocycles. The Morgan fingerprint density at radius 2 is 2.11 bits per heavy atom. The van der Waals surface area contributed by atoms with Crippen molar-refractivity contribution in [2.45, 2.75) is 45.1 Å². The molecule has 4 heteroatoms. The summed E-state index contributed by atoms with van der Waals surface area (Å²) in [4.78, 5) is 11.4. The molecule has 0 aromatic heterocycles. The first-order valence-corrected chi connectivity index (χ1v) is 6.47. The van der Waals surface area contributed by atoms with Crippen molar-refractivity contribution in [3.05, 3.63) is 29.3 Å². The minimum atomic E-state index is -1.77. The van der Waals surface area contributed by atoms with Gasteiger partial charge in [0.25, 0.3) is 0 Å². The Bertz CT molecular complexity index is 455. The first kappa shape index (κ1) is 15.5. The zero-order valence-electron chi connectivity index (χ0n) is 11.9. The predicted octanol–water partition coefficient (Wildman–Crippen LogP) is 2.72. The molecule has 1 rings (SSSR count). The first-order chi connectivity index (χ1) is 8.86. The molecule has 2 atom stereocenters. The lowest BCUT2D eigenvalue weighted by molar-refractivity contribution is -0.161. The van der Waals surface area contributed by atoms with Crippen LogP contribution in [0.2, 0.25) is 0 Å².